The lowest BCUT2D eigenvalue weighted by Crippen LogP contribution is -2.50. The lowest BCUT2D eigenvalue weighted by atomic mass is 10.0. The number of phenolic OH excluding ortho intramolecular Hbond substituents is 1. The molecule has 4 rings (SSSR count). The zero-order valence-electron chi connectivity index (χ0n) is 17.4. The van der Waals surface area contributed by atoms with Crippen LogP contribution in [0.3, 0.4) is 0 Å². The predicted molar refractivity (Wildman–Crippen MR) is 124 cm³/mol. The lowest BCUT2D eigenvalue weighted by Gasteiger charge is -2.31. The van der Waals surface area contributed by atoms with E-state index in [-0.39, 0.29) is 23.4 Å². The fourth-order valence-electron chi connectivity index (χ4n) is 3.77. The van der Waals surface area contributed by atoms with Crippen molar-refractivity contribution < 1.29 is 14.7 Å². The van der Waals surface area contributed by atoms with Crippen molar-refractivity contribution in [3.63, 3.8) is 0 Å². The van der Waals surface area contributed by atoms with Crippen molar-refractivity contribution in [1.29, 1.82) is 5.41 Å². The number of benzene rings is 2. The first-order chi connectivity index (χ1) is 15.4. The number of nitrogens with two attached hydrogens (primary N) is 1. The Bertz CT molecular complexity index is 1140. The molecule has 164 valence electrons. The van der Waals surface area contributed by atoms with Gasteiger partial charge < -0.3 is 21.1 Å². The van der Waals surface area contributed by atoms with E-state index in [1.54, 1.807) is 64.8 Å². The Morgan fingerprint density at radius 2 is 1.78 bits per heavy atom. The predicted octanol–water partition coefficient (Wildman–Crippen LogP) is 2.66. The van der Waals surface area contributed by atoms with E-state index in [4.69, 9.17) is 11.1 Å². The number of thiophene rings is 1. The van der Waals surface area contributed by atoms with Crippen LogP contribution < -0.4 is 11.1 Å². The van der Waals surface area contributed by atoms with E-state index in [0.717, 1.165) is 17.5 Å². The summed E-state index contributed by atoms with van der Waals surface area (Å²) in [6.07, 6.45) is 1.12. The van der Waals surface area contributed by atoms with Crippen LogP contribution in [-0.2, 0) is 24.2 Å². The quantitative estimate of drug-likeness (QED) is 0.342. The summed E-state index contributed by atoms with van der Waals surface area (Å²) in [7, 11) is 0. The first kappa shape index (κ1) is 21.6. The standard InChI is InChI=1S/C24H24N4O3S/c25-22(26)16-3-5-17(6-4-16)23(30)27-20(13-15-1-7-19(29)8-2-15)24(31)28-11-9-21-18(14-28)10-12-32-21/h1-8,10,12,20,29H,9,11,13-14H2,(H3,25,26)(H,27,30)/t20-/m0/s1. The third-order valence-electron chi connectivity index (χ3n) is 5.56. The normalized spacial score (nSPS) is 13.8. The molecule has 1 aliphatic rings. The summed E-state index contributed by atoms with van der Waals surface area (Å²) < 4.78 is 0. The fraction of sp³-hybridized carbons (Fsp3) is 0.208. The molecule has 2 aromatic carbocycles. The van der Waals surface area contributed by atoms with Gasteiger partial charge in [-0.2, -0.15) is 0 Å². The molecule has 1 aliphatic heterocycles. The van der Waals surface area contributed by atoms with Gasteiger partial charge in [0.1, 0.15) is 17.6 Å². The van der Waals surface area contributed by atoms with Crippen molar-refractivity contribution in [2.75, 3.05) is 6.54 Å². The van der Waals surface area contributed by atoms with Crippen molar-refractivity contribution in [2.45, 2.75) is 25.4 Å². The maximum absolute atomic E-state index is 13.4. The summed E-state index contributed by atoms with van der Waals surface area (Å²) >= 11 is 1.71. The molecule has 8 heteroatoms. The maximum Gasteiger partial charge on any atom is 0.251 e. The molecule has 0 saturated heterocycles. The SMILES string of the molecule is N=C(N)c1ccc(C(=O)N[C@@H](Cc2ccc(O)cc2)C(=O)N2CCc3sccc3C2)cc1. The summed E-state index contributed by atoms with van der Waals surface area (Å²) in [6.45, 7) is 1.15. The molecule has 7 nitrogen and oxygen atoms in total. The van der Waals surface area contributed by atoms with Crippen molar-refractivity contribution in [1.82, 2.24) is 10.2 Å². The summed E-state index contributed by atoms with van der Waals surface area (Å²) in [5.41, 5.74) is 8.39. The van der Waals surface area contributed by atoms with Gasteiger partial charge in [-0.3, -0.25) is 15.0 Å². The van der Waals surface area contributed by atoms with Crippen LogP contribution in [0.5, 0.6) is 5.75 Å². The number of hydrogen-bond acceptors (Lipinski definition) is 5. The number of carbonyl (C=O) groups excluding carboxylic acids is 2. The number of nitrogens with one attached hydrogen (secondary N) is 2. The van der Waals surface area contributed by atoms with Crippen molar-refractivity contribution >= 4 is 29.0 Å². The minimum atomic E-state index is -0.750. The average Bonchev–Trinajstić information content (AvgIpc) is 3.27. The first-order valence-electron chi connectivity index (χ1n) is 10.3. The van der Waals surface area contributed by atoms with Gasteiger partial charge in [-0.25, -0.2) is 0 Å². The number of nitrogen functional groups attached to an aromatic ring is 1. The Morgan fingerprint density at radius 1 is 1.09 bits per heavy atom. The van der Waals surface area contributed by atoms with Gasteiger partial charge in [0.2, 0.25) is 5.91 Å². The molecule has 3 aromatic rings. The van der Waals surface area contributed by atoms with Crippen LogP contribution in [0.15, 0.2) is 60.0 Å². The Kier molecular flexibility index (Phi) is 6.23. The topological polar surface area (TPSA) is 120 Å². The zero-order valence-corrected chi connectivity index (χ0v) is 18.2. The number of phenols is 1. The molecule has 1 aromatic heterocycles. The molecule has 0 radical (unpaired) electrons. The summed E-state index contributed by atoms with van der Waals surface area (Å²) in [5.74, 6) is -0.434. The molecular weight excluding hydrogens is 424 g/mol. The second kappa shape index (κ2) is 9.23. The molecule has 0 bridgehead atoms. The summed E-state index contributed by atoms with van der Waals surface area (Å²) in [4.78, 5) is 29.4. The second-order valence-corrected chi connectivity index (χ2v) is 8.77. The van der Waals surface area contributed by atoms with E-state index in [9.17, 15) is 14.7 Å². The molecule has 0 saturated carbocycles. The number of hydrogen-bond donors (Lipinski definition) is 4. The van der Waals surface area contributed by atoms with E-state index in [2.05, 4.69) is 5.32 Å². The molecule has 1 atom stereocenters. The first-order valence-corrected chi connectivity index (χ1v) is 11.2. The fourth-order valence-corrected chi connectivity index (χ4v) is 4.66. The number of aromatic hydroxyl groups is 1. The molecule has 0 fully saturated rings. The number of nitrogens with zero attached hydrogens (tertiary/aromatic N) is 1. The third kappa shape index (κ3) is 4.81. The van der Waals surface area contributed by atoms with Crippen LogP contribution in [0.4, 0.5) is 0 Å². The van der Waals surface area contributed by atoms with Gasteiger partial charge in [0, 0.05) is 35.5 Å². The average molecular weight is 449 g/mol. The van der Waals surface area contributed by atoms with E-state index in [1.807, 2.05) is 11.4 Å². The maximum atomic E-state index is 13.4. The third-order valence-corrected chi connectivity index (χ3v) is 6.58. The van der Waals surface area contributed by atoms with Gasteiger partial charge in [-0.1, -0.05) is 24.3 Å². The van der Waals surface area contributed by atoms with Gasteiger partial charge in [-0.05, 0) is 53.3 Å². The highest BCUT2D eigenvalue weighted by Gasteiger charge is 2.29. The van der Waals surface area contributed by atoms with Crippen molar-refractivity contribution in [2.24, 2.45) is 5.73 Å². The molecule has 0 aliphatic carbocycles. The smallest absolute Gasteiger partial charge is 0.251 e. The zero-order chi connectivity index (χ0) is 22.7. The molecular formula is C24H24N4O3S. The molecule has 0 unspecified atom stereocenters. The van der Waals surface area contributed by atoms with E-state index >= 15 is 0 Å². The van der Waals surface area contributed by atoms with Crippen LogP contribution in [-0.4, -0.2) is 40.2 Å². The highest BCUT2D eigenvalue weighted by Crippen LogP contribution is 2.25. The number of amides is 2. The molecule has 32 heavy (non-hydrogen) atoms. The molecule has 2 heterocycles. The van der Waals surface area contributed by atoms with E-state index in [0.29, 0.717) is 30.6 Å². The Morgan fingerprint density at radius 3 is 2.47 bits per heavy atom. The summed E-state index contributed by atoms with van der Waals surface area (Å²) in [5, 5.41) is 22.0. The molecule has 5 N–H and O–H groups in total. The van der Waals surface area contributed by atoms with Gasteiger partial charge in [0.05, 0.1) is 0 Å². The monoisotopic (exact) mass is 448 g/mol. The van der Waals surface area contributed by atoms with E-state index < -0.39 is 6.04 Å². The van der Waals surface area contributed by atoms with Gasteiger partial charge in [0.25, 0.3) is 5.91 Å². The Labute approximate surface area is 190 Å². The van der Waals surface area contributed by atoms with Gasteiger partial charge in [0.15, 0.2) is 0 Å². The Hall–Kier alpha value is -3.65. The highest BCUT2D eigenvalue weighted by molar-refractivity contribution is 7.10. The van der Waals surface area contributed by atoms with E-state index in [1.165, 1.54) is 4.88 Å². The van der Waals surface area contributed by atoms with Crippen LogP contribution >= 0.6 is 11.3 Å². The van der Waals surface area contributed by atoms with Gasteiger partial charge >= 0.3 is 0 Å². The summed E-state index contributed by atoms with van der Waals surface area (Å²) in [6, 6.07) is 14.3. The van der Waals surface area contributed by atoms with Crippen LogP contribution in [0, 0.1) is 5.41 Å². The van der Waals surface area contributed by atoms with Crippen LogP contribution in [0.25, 0.3) is 0 Å². The van der Waals surface area contributed by atoms with Crippen molar-refractivity contribution in [3.8, 4) is 5.75 Å². The molecule has 2 amide bonds. The number of fused-ring (bicyclic) bond motifs is 1. The number of rotatable bonds is 6. The lowest BCUT2D eigenvalue weighted by molar-refractivity contribution is -0.134. The largest absolute Gasteiger partial charge is 0.508 e. The minimum Gasteiger partial charge on any atom is -0.508 e. The Balaban J connectivity index is 1.54. The number of amidine groups is 1. The van der Waals surface area contributed by atoms with Crippen molar-refractivity contribution in [3.05, 3.63) is 87.1 Å². The molecule has 0 spiro atoms. The second-order valence-electron chi connectivity index (χ2n) is 7.77. The van der Waals surface area contributed by atoms with Gasteiger partial charge in [-0.15, -0.1) is 11.3 Å². The minimum absolute atomic E-state index is 0.0739. The van der Waals surface area contributed by atoms with Crippen LogP contribution in [0.2, 0.25) is 0 Å². The number of carbonyl (C=O) groups is 2. The van der Waals surface area contributed by atoms with Crippen LogP contribution in [0.1, 0.15) is 31.9 Å². The highest BCUT2D eigenvalue weighted by atomic mass is 32.1.